The Morgan fingerprint density at radius 3 is 2.34 bits per heavy atom. The molecule has 0 aromatic heterocycles. The lowest BCUT2D eigenvalue weighted by molar-refractivity contribution is -0.145. The van der Waals surface area contributed by atoms with E-state index in [9.17, 15) is 14.0 Å². The largest absolute Gasteiger partial charge is 0.360 e. The lowest BCUT2D eigenvalue weighted by Gasteiger charge is -2.41. The molecule has 0 bridgehead atoms. The Hall–Kier alpha value is -3.31. The lowest BCUT2D eigenvalue weighted by Crippen LogP contribution is -2.57. The summed E-state index contributed by atoms with van der Waals surface area (Å²) in [5, 5.41) is 0. The van der Waals surface area contributed by atoms with E-state index in [-0.39, 0.29) is 0 Å². The minimum atomic E-state index is -1.30. The molecule has 0 radical (unpaired) electrons. The highest BCUT2D eigenvalue weighted by Crippen LogP contribution is 2.42. The van der Waals surface area contributed by atoms with Gasteiger partial charge in [-0.1, -0.05) is 42.5 Å². The SMILES string of the molecule is O=C1c2ccccc2C2(Cc3ccccc3CCO2)C(=O)N1c1ccc(F)cc1. The van der Waals surface area contributed by atoms with Crippen LogP contribution < -0.4 is 4.90 Å². The number of carbonyl (C=O) groups excluding carboxylic acids is 2. The topological polar surface area (TPSA) is 46.6 Å². The van der Waals surface area contributed by atoms with Gasteiger partial charge in [-0.15, -0.1) is 0 Å². The second-order valence-corrected chi connectivity index (χ2v) is 7.34. The fourth-order valence-electron chi connectivity index (χ4n) is 4.29. The fraction of sp³-hybridized carbons (Fsp3) is 0.167. The summed E-state index contributed by atoms with van der Waals surface area (Å²) in [6.45, 7) is 0.364. The van der Waals surface area contributed by atoms with Crippen molar-refractivity contribution in [3.05, 3.63) is 101 Å². The molecular formula is C24H18FNO3. The molecule has 2 aliphatic heterocycles. The number of carbonyl (C=O) groups is 2. The molecule has 4 nitrogen and oxygen atoms in total. The molecule has 0 N–H and O–H groups in total. The third kappa shape index (κ3) is 2.69. The van der Waals surface area contributed by atoms with Crippen molar-refractivity contribution < 1.29 is 18.7 Å². The maximum atomic E-state index is 13.8. The Morgan fingerprint density at radius 2 is 1.55 bits per heavy atom. The second kappa shape index (κ2) is 6.64. The smallest absolute Gasteiger partial charge is 0.271 e. The van der Waals surface area contributed by atoms with Gasteiger partial charge < -0.3 is 4.74 Å². The molecular weight excluding hydrogens is 369 g/mol. The highest BCUT2D eigenvalue weighted by atomic mass is 19.1. The van der Waals surface area contributed by atoms with Crippen molar-refractivity contribution in [2.45, 2.75) is 18.4 Å². The van der Waals surface area contributed by atoms with E-state index in [1.54, 1.807) is 18.2 Å². The van der Waals surface area contributed by atoms with Gasteiger partial charge in [0.05, 0.1) is 12.3 Å². The molecule has 0 saturated carbocycles. The van der Waals surface area contributed by atoms with Crippen molar-refractivity contribution in [3.8, 4) is 0 Å². The first-order valence-corrected chi connectivity index (χ1v) is 9.55. The van der Waals surface area contributed by atoms with Crippen molar-refractivity contribution in [2.24, 2.45) is 0 Å². The van der Waals surface area contributed by atoms with Gasteiger partial charge in [0, 0.05) is 17.5 Å². The molecule has 5 rings (SSSR count). The van der Waals surface area contributed by atoms with E-state index < -0.39 is 23.2 Å². The van der Waals surface area contributed by atoms with Gasteiger partial charge >= 0.3 is 0 Å². The summed E-state index contributed by atoms with van der Waals surface area (Å²) in [6.07, 6.45) is 1.03. The molecule has 2 heterocycles. The van der Waals surface area contributed by atoms with Crippen molar-refractivity contribution in [3.63, 3.8) is 0 Å². The maximum absolute atomic E-state index is 13.8. The third-order valence-corrected chi connectivity index (χ3v) is 5.71. The highest BCUT2D eigenvalue weighted by Gasteiger charge is 2.53. The third-order valence-electron chi connectivity index (χ3n) is 5.71. The van der Waals surface area contributed by atoms with Crippen LogP contribution in [0.15, 0.2) is 72.8 Å². The molecule has 1 atom stereocenters. The van der Waals surface area contributed by atoms with E-state index in [2.05, 4.69) is 0 Å². The quantitative estimate of drug-likeness (QED) is 0.593. The summed E-state index contributed by atoms with van der Waals surface area (Å²) in [5.41, 5.74) is 2.21. The van der Waals surface area contributed by atoms with Crippen LogP contribution in [0.3, 0.4) is 0 Å². The molecule has 1 unspecified atom stereocenters. The summed E-state index contributed by atoms with van der Waals surface area (Å²) in [7, 11) is 0. The highest BCUT2D eigenvalue weighted by molar-refractivity contribution is 6.27. The molecule has 144 valence electrons. The lowest BCUT2D eigenvalue weighted by atomic mass is 9.79. The Kier molecular flexibility index (Phi) is 4.07. The Bertz CT molecular complexity index is 1120. The number of anilines is 1. The second-order valence-electron chi connectivity index (χ2n) is 7.34. The van der Waals surface area contributed by atoms with Gasteiger partial charge in [-0.2, -0.15) is 0 Å². The number of halogens is 1. The minimum Gasteiger partial charge on any atom is -0.360 e. The zero-order valence-corrected chi connectivity index (χ0v) is 15.6. The minimum absolute atomic E-state index is 0.330. The number of hydrogen-bond donors (Lipinski definition) is 0. The molecule has 2 aliphatic rings. The molecule has 0 aliphatic carbocycles. The van der Waals surface area contributed by atoms with Crippen LogP contribution in [0.1, 0.15) is 27.0 Å². The fourth-order valence-corrected chi connectivity index (χ4v) is 4.29. The van der Waals surface area contributed by atoms with Crippen LogP contribution in [0, 0.1) is 5.82 Å². The van der Waals surface area contributed by atoms with E-state index in [1.807, 2.05) is 30.3 Å². The van der Waals surface area contributed by atoms with Crippen LogP contribution in [0.25, 0.3) is 0 Å². The average molecular weight is 387 g/mol. The molecule has 0 fully saturated rings. The van der Waals surface area contributed by atoms with Gasteiger partial charge in [-0.05, 0) is 47.9 Å². The maximum Gasteiger partial charge on any atom is 0.271 e. The van der Waals surface area contributed by atoms with Gasteiger partial charge in [-0.3, -0.25) is 9.59 Å². The average Bonchev–Trinajstić information content (AvgIpc) is 2.94. The Morgan fingerprint density at radius 1 is 0.862 bits per heavy atom. The number of benzene rings is 3. The van der Waals surface area contributed by atoms with Crippen LogP contribution in [0.2, 0.25) is 0 Å². The van der Waals surface area contributed by atoms with Crippen molar-refractivity contribution in [1.82, 2.24) is 0 Å². The van der Waals surface area contributed by atoms with Crippen LogP contribution in [-0.2, 0) is 28.0 Å². The predicted octanol–water partition coefficient (Wildman–Crippen LogP) is 4.02. The van der Waals surface area contributed by atoms with E-state index in [4.69, 9.17) is 4.74 Å². The Balaban J connectivity index is 1.72. The first kappa shape index (κ1) is 17.8. The predicted molar refractivity (Wildman–Crippen MR) is 106 cm³/mol. The standard InChI is InChI=1S/C24H18FNO3/c25-18-9-11-19(12-10-18)26-22(27)20-7-3-4-8-21(20)24(23(26)28)15-17-6-2-1-5-16(17)13-14-29-24/h1-12H,13-15H2. The number of ether oxygens (including phenoxy) is 1. The number of nitrogens with zero attached hydrogens (tertiary/aromatic N) is 1. The monoisotopic (exact) mass is 387 g/mol. The molecule has 3 aromatic rings. The molecule has 29 heavy (non-hydrogen) atoms. The van der Waals surface area contributed by atoms with Crippen LogP contribution >= 0.6 is 0 Å². The molecule has 5 heteroatoms. The summed E-state index contributed by atoms with van der Waals surface area (Å²) in [4.78, 5) is 28.2. The van der Waals surface area contributed by atoms with Crippen molar-refractivity contribution in [2.75, 3.05) is 11.5 Å². The summed E-state index contributed by atoms with van der Waals surface area (Å²) in [5.74, 6) is -1.30. The van der Waals surface area contributed by atoms with Crippen LogP contribution in [-0.4, -0.2) is 18.4 Å². The zero-order chi connectivity index (χ0) is 20.0. The first-order chi connectivity index (χ1) is 14.1. The molecule has 2 amide bonds. The van der Waals surface area contributed by atoms with Gasteiger partial charge in [0.25, 0.3) is 11.8 Å². The molecule has 3 aromatic carbocycles. The van der Waals surface area contributed by atoms with E-state index in [1.165, 1.54) is 24.3 Å². The van der Waals surface area contributed by atoms with Crippen molar-refractivity contribution in [1.29, 1.82) is 0 Å². The van der Waals surface area contributed by atoms with Crippen molar-refractivity contribution >= 4 is 17.5 Å². The van der Waals surface area contributed by atoms with Crippen LogP contribution in [0.5, 0.6) is 0 Å². The van der Waals surface area contributed by atoms with Gasteiger partial charge in [0.15, 0.2) is 5.60 Å². The summed E-state index contributed by atoms with van der Waals surface area (Å²) in [6, 6.07) is 20.4. The van der Waals surface area contributed by atoms with E-state index >= 15 is 0 Å². The number of amides is 2. The van der Waals surface area contributed by atoms with E-state index in [0.29, 0.717) is 36.3 Å². The first-order valence-electron chi connectivity index (χ1n) is 9.55. The number of imide groups is 1. The number of fused-ring (bicyclic) bond motifs is 3. The molecule has 1 spiro atoms. The zero-order valence-electron chi connectivity index (χ0n) is 15.6. The van der Waals surface area contributed by atoms with Gasteiger partial charge in [-0.25, -0.2) is 9.29 Å². The van der Waals surface area contributed by atoms with Crippen LogP contribution in [0.4, 0.5) is 10.1 Å². The van der Waals surface area contributed by atoms with Gasteiger partial charge in [0.2, 0.25) is 0 Å². The normalized spacial score (nSPS) is 20.9. The van der Waals surface area contributed by atoms with E-state index in [0.717, 1.165) is 16.0 Å². The van der Waals surface area contributed by atoms with Gasteiger partial charge in [0.1, 0.15) is 5.82 Å². The molecule has 0 saturated heterocycles. The number of rotatable bonds is 1. The number of hydrogen-bond acceptors (Lipinski definition) is 3. The Labute approximate surface area is 167 Å². The summed E-state index contributed by atoms with van der Waals surface area (Å²) < 4.78 is 19.7. The summed E-state index contributed by atoms with van der Waals surface area (Å²) >= 11 is 0.